The van der Waals surface area contributed by atoms with Gasteiger partial charge in [-0.2, -0.15) is 5.10 Å². The molecule has 1 aliphatic carbocycles. The maximum atomic E-state index is 14.6. The second-order valence-corrected chi connectivity index (χ2v) is 10.8. The Morgan fingerprint density at radius 2 is 1.52 bits per heavy atom. The van der Waals surface area contributed by atoms with Gasteiger partial charge in [-0.05, 0) is 78.4 Å². The number of carbonyl (C=O) groups excluding carboxylic acids is 1. The number of fused-ring (bicyclic) bond motifs is 2. The third-order valence-corrected chi connectivity index (χ3v) is 8.15. The van der Waals surface area contributed by atoms with E-state index in [1.54, 1.807) is 29.3 Å². The minimum Gasteiger partial charge on any atom is -0.267 e. The number of hydrazone groups is 1. The number of benzene rings is 4. The zero-order valence-corrected chi connectivity index (χ0v) is 22.8. The lowest BCUT2D eigenvalue weighted by Gasteiger charge is -2.30. The summed E-state index contributed by atoms with van der Waals surface area (Å²) in [7, 11) is 0. The lowest BCUT2D eigenvalue weighted by Crippen LogP contribution is -2.32. The van der Waals surface area contributed by atoms with Crippen LogP contribution in [-0.2, 0) is 0 Å². The molecule has 2 aliphatic rings. The molecule has 0 saturated heterocycles. The molecule has 0 N–H and O–H groups in total. The number of nitrogens with zero attached hydrogens (tertiary/aromatic N) is 3. The number of aromatic nitrogens is 1. The number of amides is 1. The average molecular weight is 556 g/mol. The van der Waals surface area contributed by atoms with Crippen LogP contribution in [0.5, 0.6) is 0 Å². The van der Waals surface area contributed by atoms with Gasteiger partial charge in [0.2, 0.25) is 0 Å². The Hall–Kier alpha value is -4.97. The summed E-state index contributed by atoms with van der Waals surface area (Å²) in [4.78, 5) is 19.5. The predicted molar refractivity (Wildman–Crippen MR) is 162 cm³/mol. The van der Waals surface area contributed by atoms with E-state index in [0.29, 0.717) is 11.3 Å². The summed E-state index contributed by atoms with van der Waals surface area (Å²) < 4.78 is 27.6. The highest BCUT2D eigenvalue weighted by Gasteiger charge is 2.44. The van der Waals surface area contributed by atoms with Gasteiger partial charge in [0.05, 0.1) is 28.5 Å². The minimum absolute atomic E-state index is 0.0541. The first-order valence-electron chi connectivity index (χ1n) is 14.1. The van der Waals surface area contributed by atoms with E-state index < -0.39 is 6.04 Å². The van der Waals surface area contributed by atoms with Gasteiger partial charge in [0.25, 0.3) is 5.91 Å². The van der Waals surface area contributed by atoms with E-state index in [1.165, 1.54) is 24.3 Å². The summed E-state index contributed by atoms with van der Waals surface area (Å²) in [5, 5.41) is 7.35. The first kappa shape index (κ1) is 26.0. The monoisotopic (exact) mass is 555 g/mol. The molecule has 0 radical (unpaired) electrons. The fraction of sp³-hybridized carbons (Fsp3) is 0.139. The number of allylic oxidation sites excluding steroid dienone is 1. The number of pyridine rings is 1. The highest BCUT2D eigenvalue weighted by atomic mass is 19.1. The molecule has 4 nitrogen and oxygen atoms in total. The van der Waals surface area contributed by atoms with Crippen LogP contribution in [0.15, 0.2) is 120 Å². The van der Waals surface area contributed by atoms with Crippen molar-refractivity contribution in [2.45, 2.75) is 25.3 Å². The van der Waals surface area contributed by atoms with Crippen molar-refractivity contribution in [2.24, 2.45) is 11.0 Å². The summed E-state index contributed by atoms with van der Waals surface area (Å²) in [6.07, 6.45) is 4.61. The molecule has 0 bridgehead atoms. The molecule has 1 aromatic heterocycles. The smallest absolute Gasteiger partial charge is 0.267 e. The molecular formula is C36H27F2N3O. The van der Waals surface area contributed by atoms with Crippen LogP contribution in [0.3, 0.4) is 0 Å². The molecule has 1 aliphatic heterocycles. The Morgan fingerprint density at radius 3 is 2.29 bits per heavy atom. The molecule has 1 fully saturated rings. The van der Waals surface area contributed by atoms with Crippen LogP contribution in [0.4, 0.5) is 8.78 Å². The molecule has 0 unspecified atom stereocenters. The first-order valence-corrected chi connectivity index (χ1v) is 14.1. The number of rotatable bonds is 4. The van der Waals surface area contributed by atoms with E-state index in [1.807, 2.05) is 66.7 Å². The van der Waals surface area contributed by atoms with Gasteiger partial charge in [-0.15, -0.1) is 0 Å². The molecule has 206 valence electrons. The second kappa shape index (κ2) is 10.8. The predicted octanol–water partition coefficient (Wildman–Crippen LogP) is 8.62. The Labute approximate surface area is 242 Å². The van der Waals surface area contributed by atoms with E-state index in [2.05, 4.69) is 0 Å². The highest BCUT2D eigenvalue weighted by Crippen LogP contribution is 2.45. The Morgan fingerprint density at radius 1 is 0.833 bits per heavy atom. The van der Waals surface area contributed by atoms with Gasteiger partial charge in [0, 0.05) is 16.9 Å². The van der Waals surface area contributed by atoms with Crippen LogP contribution in [0.1, 0.15) is 46.8 Å². The van der Waals surface area contributed by atoms with Crippen molar-refractivity contribution in [3.63, 3.8) is 0 Å². The molecule has 42 heavy (non-hydrogen) atoms. The SMILES string of the molecule is O=C(c1cc(-c2ccccc2)nc2ccccc12)N1N=C2/C(=C\c3ccc(F)cc3)CCC[C@@H]2[C@@H]1c1ccc(F)cc1. The fourth-order valence-electron chi connectivity index (χ4n) is 6.15. The Bertz CT molecular complexity index is 1850. The summed E-state index contributed by atoms with van der Waals surface area (Å²) in [6, 6.07) is 31.6. The van der Waals surface area contributed by atoms with Crippen molar-refractivity contribution in [2.75, 3.05) is 0 Å². The third kappa shape index (κ3) is 4.79. The van der Waals surface area contributed by atoms with Crippen LogP contribution >= 0.6 is 0 Å². The molecule has 7 rings (SSSR count). The van der Waals surface area contributed by atoms with Crippen molar-refractivity contribution in [3.05, 3.63) is 143 Å². The van der Waals surface area contributed by atoms with Crippen LogP contribution in [-0.4, -0.2) is 21.6 Å². The minimum atomic E-state index is -0.392. The van der Waals surface area contributed by atoms with Crippen molar-refractivity contribution in [1.29, 1.82) is 0 Å². The van der Waals surface area contributed by atoms with Crippen molar-refractivity contribution >= 4 is 28.6 Å². The number of carbonyl (C=O) groups is 1. The molecule has 1 saturated carbocycles. The number of halogens is 2. The standard InChI is InChI=1S/C36H27F2N3O/c37-27-17-13-23(14-18-27)21-26-9-6-11-30-34(26)40-41(35(30)25-15-19-28(38)20-16-25)36(42)31-22-33(24-7-2-1-3-8-24)39-32-12-5-4-10-29(31)32/h1-5,7-8,10,12-22,30,35H,6,9,11H2/b26-21-/t30-,35-/m0/s1. The van der Waals surface area contributed by atoms with Crippen LogP contribution in [0.2, 0.25) is 0 Å². The van der Waals surface area contributed by atoms with Gasteiger partial charge in [-0.25, -0.2) is 18.8 Å². The maximum Gasteiger partial charge on any atom is 0.275 e. The summed E-state index contributed by atoms with van der Waals surface area (Å²) in [5.41, 5.74) is 6.46. The number of para-hydroxylation sites is 1. The molecule has 1 amide bonds. The van der Waals surface area contributed by atoms with Gasteiger partial charge in [-0.3, -0.25) is 4.79 Å². The number of hydrogen-bond acceptors (Lipinski definition) is 3. The molecule has 4 aromatic carbocycles. The normalized spacial score (nSPS) is 19.1. The zero-order valence-electron chi connectivity index (χ0n) is 22.8. The largest absolute Gasteiger partial charge is 0.275 e. The van der Waals surface area contributed by atoms with Crippen molar-refractivity contribution in [1.82, 2.24) is 9.99 Å². The average Bonchev–Trinajstić information content (AvgIpc) is 3.43. The van der Waals surface area contributed by atoms with Gasteiger partial charge in [-0.1, -0.05) is 72.8 Å². The van der Waals surface area contributed by atoms with Gasteiger partial charge < -0.3 is 0 Å². The molecule has 2 heterocycles. The lowest BCUT2D eigenvalue weighted by atomic mass is 9.77. The van der Waals surface area contributed by atoms with E-state index in [9.17, 15) is 13.6 Å². The zero-order chi connectivity index (χ0) is 28.6. The van der Waals surface area contributed by atoms with Crippen molar-refractivity contribution < 1.29 is 13.6 Å². The maximum absolute atomic E-state index is 14.6. The lowest BCUT2D eigenvalue weighted by molar-refractivity contribution is 0.0683. The molecule has 2 atom stereocenters. The molecule has 5 aromatic rings. The molecule has 6 heteroatoms. The summed E-state index contributed by atoms with van der Waals surface area (Å²) >= 11 is 0. The third-order valence-electron chi connectivity index (χ3n) is 8.15. The van der Waals surface area contributed by atoms with Gasteiger partial charge >= 0.3 is 0 Å². The molecular weight excluding hydrogens is 528 g/mol. The van der Waals surface area contributed by atoms with E-state index in [-0.39, 0.29) is 23.5 Å². The molecule has 0 spiro atoms. The Balaban J connectivity index is 1.37. The van der Waals surface area contributed by atoms with E-state index >= 15 is 0 Å². The van der Waals surface area contributed by atoms with E-state index in [0.717, 1.165) is 58.1 Å². The topological polar surface area (TPSA) is 45.6 Å². The van der Waals surface area contributed by atoms with Crippen molar-refractivity contribution in [3.8, 4) is 11.3 Å². The van der Waals surface area contributed by atoms with Gasteiger partial charge in [0.15, 0.2) is 0 Å². The highest BCUT2D eigenvalue weighted by molar-refractivity contribution is 6.12. The van der Waals surface area contributed by atoms with E-state index in [4.69, 9.17) is 10.1 Å². The fourth-order valence-corrected chi connectivity index (χ4v) is 6.15. The Kier molecular flexibility index (Phi) is 6.67. The second-order valence-electron chi connectivity index (χ2n) is 10.8. The summed E-state index contributed by atoms with van der Waals surface area (Å²) in [5.74, 6) is -0.905. The summed E-state index contributed by atoms with van der Waals surface area (Å²) in [6.45, 7) is 0. The van der Waals surface area contributed by atoms with Crippen LogP contribution < -0.4 is 0 Å². The quantitative estimate of drug-likeness (QED) is 0.223. The first-order chi connectivity index (χ1) is 20.5. The van der Waals surface area contributed by atoms with Crippen LogP contribution in [0.25, 0.3) is 28.2 Å². The van der Waals surface area contributed by atoms with Crippen LogP contribution in [0, 0.1) is 17.6 Å². The number of hydrogen-bond donors (Lipinski definition) is 0. The van der Waals surface area contributed by atoms with Gasteiger partial charge in [0.1, 0.15) is 11.6 Å².